The molecule has 0 unspecified atom stereocenters. The molecule has 0 spiro atoms. The van der Waals surface area contributed by atoms with Crippen molar-refractivity contribution in [2.45, 2.75) is 32.7 Å². The summed E-state index contributed by atoms with van der Waals surface area (Å²) in [7, 11) is 0. The van der Waals surface area contributed by atoms with Crippen molar-refractivity contribution in [1.29, 1.82) is 0 Å². The molecular weight excluding hydrogens is 298 g/mol. The van der Waals surface area contributed by atoms with Crippen LogP contribution < -0.4 is 10.6 Å². The summed E-state index contributed by atoms with van der Waals surface area (Å²) in [5.74, 6) is 0. The maximum Gasteiger partial charge on any atom is 0.315 e. The van der Waals surface area contributed by atoms with Crippen molar-refractivity contribution in [3.63, 3.8) is 0 Å². The van der Waals surface area contributed by atoms with Crippen molar-refractivity contribution in [2.75, 3.05) is 6.54 Å². The molecule has 0 aliphatic carbocycles. The van der Waals surface area contributed by atoms with Crippen molar-refractivity contribution in [3.8, 4) is 0 Å². The van der Waals surface area contributed by atoms with Crippen molar-refractivity contribution in [2.24, 2.45) is 0 Å². The van der Waals surface area contributed by atoms with E-state index in [1.54, 1.807) is 12.4 Å². The van der Waals surface area contributed by atoms with Crippen molar-refractivity contribution >= 4 is 11.6 Å². The second kappa shape index (κ2) is 7.77. The van der Waals surface area contributed by atoms with Crippen LogP contribution in [0.15, 0.2) is 55.4 Å². The van der Waals surface area contributed by atoms with E-state index < -0.39 is 5.54 Å². The Labute approximate surface area is 144 Å². The molecule has 0 aliphatic heterocycles. The van der Waals surface area contributed by atoms with Gasteiger partial charge in [-0.25, -0.2) is 4.79 Å². The third-order valence-corrected chi connectivity index (χ3v) is 3.95. The van der Waals surface area contributed by atoms with Gasteiger partial charge in [-0.15, -0.1) is 0 Å². The largest absolute Gasteiger partial charge is 0.338 e. The van der Waals surface area contributed by atoms with E-state index in [2.05, 4.69) is 28.3 Å². The first-order valence-electron chi connectivity index (χ1n) is 8.10. The molecule has 0 saturated heterocycles. The monoisotopic (exact) mass is 323 g/mol. The molecule has 0 bridgehead atoms. The summed E-state index contributed by atoms with van der Waals surface area (Å²) < 4.78 is 0. The lowest BCUT2D eigenvalue weighted by atomic mass is 9.92. The third-order valence-electron chi connectivity index (χ3n) is 3.95. The molecular formula is C20H25N3O. The van der Waals surface area contributed by atoms with Gasteiger partial charge in [0.1, 0.15) is 0 Å². The Morgan fingerprint density at radius 3 is 2.58 bits per heavy atom. The molecule has 2 N–H and O–H groups in total. The number of allylic oxidation sites excluding steroid dienone is 1. The number of benzene rings is 1. The number of urea groups is 1. The molecule has 126 valence electrons. The van der Waals surface area contributed by atoms with Crippen LogP contribution >= 0.6 is 0 Å². The maximum absolute atomic E-state index is 12.2. The molecule has 0 aliphatic rings. The van der Waals surface area contributed by atoms with Gasteiger partial charge in [-0.2, -0.15) is 0 Å². The zero-order chi connectivity index (χ0) is 17.6. The summed E-state index contributed by atoms with van der Waals surface area (Å²) in [6.45, 7) is 10.5. The molecule has 0 radical (unpaired) electrons. The summed E-state index contributed by atoms with van der Waals surface area (Å²) in [5.41, 5.74) is 3.83. The molecule has 0 fully saturated rings. The number of carbonyl (C=O) groups is 1. The standard InChI is InChI=1S/C20H25N3O/c1-15(2)17-6-5-7-18(14-17)20(3,4)23-19(24)22-13-10-16-8-11-21-12-9-16/h5-9,11-12,14H,1,10,13H2,2-4H3,(H2,22,23,24). The molecule has 4 heteroatoms. The zero-order valence-corrected chi connectivity index (χ0v) is 14.6. The molecule has 1 heterocycles. The minimum atomic E-state index is -0.466. The number of rotatable bonds is 6. The number of hydrogen-bond acceptors (Lipinski definition) is 2. The first kappa shape index (κ1) is 17.7. The van der Waals surface area contributed by atoms with E-state index in [1.807, 2.05) is 51.1 Å². The lowest BCUT2D eigenvalue weighted by Gasteiger charge is -2.27. The molecule has 4 nitrogen and oxygen atoms in total. The maximum atomic E-state index is 12.2. The van der Waals surface area contributed by atoms with Crippen LogP contribution in [0.4, 0.5) is 4.79 Å². The highest BCUT2D eigenvalue weighted by atomic mass is 16.2. The first-order valence-corrected chi connectivity index (χ1v) is 8.10. The Balaban J connectivity index is 1.92. The van der Waals surface area contributed by atoms with Gasteiger partial charge in [-0.3, -0.25) is 4.98 Å². The fraction of sp³-hybridized carbons (Fsp3) is 0.300. The van der Waals surface area contributed by atoms with Gasteiger partial charge in [0, 0.05) is 18.9 Å². The summed E-state index contributed by atoms with van der Waals surface area (Å²) in [6.07, 6.45) is 4.29. The molecule has 1 aromatic carbocycles. The lowest BCUT2D eigenvalue weighted by molar-refractivity contribution is 0.230. The summed E-state index contributed by atoms with van der Waals surface area (Å²) >= 11 is 0. The Morgan fingerprint density at radius 1 is 1.21 bits per heavy atom. The highest BCUT2D eigenvalue weighted by Gasteiger charge is 2.22. The van der Waals surface area contributed by atoms with Gasteiger partial charge in [0.2, 0.25) is 0 Å². The topological polar surface area (TPSA) is 54.0 Å². The van der Waals surface area contributed by atoms with Crippen LogP contribution in [0.5, 0.6) is 0 Å². The number of pyridine rings is 1. The Hall–Kier alpha value is -2.62. The third kappa shape index (κ3) is 4.95. The normalized spacial score (nSPS) is 11.0. The predicted octanol–water partition coefficient (Wildman–Crippen LogP) is 3.89. The first-order chi connectivity index (χ1) is 11.4. The van der Waals surface area contributed by atoms with Gasteiger partial charge >= 0.3 is 6.03 Å². The van der Waals surface area contributed by atoms with Crippen molar-refractivity contribution < 1.29 is 4.79 Å². The SMILES string of the molecule is C=C(C)c1cccc(C(C)(C)NC(=O)NCCc2ccncc2)c1. The second-order valence-electron chi connectivity index (χ2n) is 6.47. The van der Waals surface area contributed by atoms with E-state index in [9.17, 15) is 4.79 Å². The number of nitrogens with one attached hydrogen (secondary N) is 2. The summed E-state index contributed by atoms with van der Waals surface area (Å²) in [4.78, 5) is 16.2. The van der Waals surface area contributed by atoms with Crippen molar-refractivity contribution in [3.05, 3.63) is 72.1 Å². The van der Waals surface area contributed by atoms with Crippen LogP contribution in [0.2, 0.25) is 0 Å². The predicted molar refractivity (Wildman–Crippen MR) is 98.7 cm³/mol. The van der Waals surface area contributed by atoms with Crippen LogP contribution in [0.1, 0.15) is 37.5 Å². The van der Waals surface area contributed by atoms with Crippen LogP contribution in [-0.4, -0.2) is 17.6 Å². The average Bonchev–Trinajstić information content (AvgIpc) is 2.55. The molecule has 2 aromatic rings. The quantitative estimate of drug-likeness (QED) is 0.847. The molecule has 0 saturated carbocycles. The van der Waals surface area contributed by atoms with Gasteiger partial charge in [-0.1, -0.05) is 30.4 Å². The van der Waals surface area contributed by atoms with Gasteiger partial charge in [0.05, 0.1) is 5.54 Å². The van der Waals surface area contributed by atoms with E-state index in [0.29, 0.717) is 6.54 Å². The fourth-order valence-corrected chi connectivity index (χ4v) is 2.44. The zero-order valence-electron chi connectivity index (χ0n) is 14.6. The van der Waals surface area contributed by atoms with E-state index in [4.69, 9.17) is 0 Å². The average molecular weight is 323 g/mol. The lowest BCUT2D eigenvalue weighted by Crippen LogP contribution is -2.46. The molecule has 24 heavy (non-hydrogen) atoms. The number of nitrogens with zero attached hydrogens (tertiary/aromatic N) is 1. The smallest absolute Gasteiger partial charge is 0.315 e. The van der Waals surface area contributed by atoms with E-state index in [0.717, 1.165) is 28.7 Å². The van der Waals surface area contributed by atoms with E-state index >= 15 is 0 Å². The fourth-order valence-electron chi connectivity index (χ4n) is 2.44. The Morgan fingerprint density at radius 2 is 1.92 bits per heavy atom. The number of amides is 2. The molecule has 2 rings (SSSR count). The number of carbonyl (C=O) groups excluding carboxylic acids is 1. The van der Waals surface area contributed by atoms with Crippen LogP contribution in [0.25, 0.3) is 5.57 Å². The Kier molecular flexibility index (Phi) is 5.74. The summed E-state index contributed by atoms with van der Waals surface area (Å²) in [6, 6.07) is 11.8. The van der Waals surface area contributed by atoms with E-state index in [-0.39, 0.29) is 6.03 Å². The van der Waals surface area contributed by atoms with Crippen LogP contribution in [0, 0.1) is 0 Å². The van der Waals surface area contributed by atoms with Gasteiger partial charge < -0.3 is 10.6 Å². The van der Waals surface area contributed by atoms with Gasteiger partial charge in [0.25, 0.3) is 0 Å². The molecule has 1 aromatic heterocycles. The number of aromatic nitrogens is 1. The highest BCUT2D eigenvalue weighted by Crippen LogP contribution is 2.23. The molecule has 0 atom stereocenters. The molecule has 2 amide bonds. The van der Waals surface area contributed by atoms with E-state index in [1.165, 1.54) is 0 Å². The van der Waals surface area contributed by atoms with Crippen LogP contribution in [-0.2, 0) is 12.0 Å². The van der Waals surface area contributed by atoms with Crippen molar-refractivity contribution in [1.82, 2.24) is 15.6 Å². The number of hydrogen-bond donors (Lipinski definition) is 2. The Bertz CT molecular complexity index is 708. The second-order valence-corrected chi connectivity index (χ2v) is 6.47. The van der Waals surface area contributed by atoms with Gasteiger partial charge in [-0.05, 0) is 62.1 Å². The minimum absolute atomic E-state index is 0.171. The van der Waals surface area contributed by atoms with Gasteiger partial charge in [0.15, 0.2) is 0 Å². The summed E-state index contributed by atoms with van der Waals surface area (Å²) in [5, 5.41) is 5.94. The van der Waals surface area contributed by atoms with Crippen LogP contribution in [0.3, 0.4) is 0 Å². The highest BCUT2D eigenvalue weighted by molar-refractivity contribution is 5.75. The minimum Gasteiger partial charge on any atom is -0.338 e.